The van der Waals surface area contributed by atoms with Gasteiger partial charge in [-0.1, -0.05) is 18.2 Å². The van der Waals surface area contributed by atoms with Crippen molar-refractivity contribution in [2.45, 2.75) is 13.0 Å². The van der Waals surface area contributed by atoms with Crippen LogP contribution in [-0.2, 0) is 0 Å². The van der Waals surface area contributed by atoms with E-state index in [0.29, 0.717) is 22.4 Å². The first-order chi connectivity index (χ1) is 12.1. The fraction of sp³-hybridized carbons (Fsp3) is 0.111. The molecule has 0 aliphatic heterocycles. The number of para-hydroxylation sites is 1. The van der Waals surface area contributed by atoms with Gasteiger partial charge in [0.2, 0.25) is 0 Å². The fourth-order valence-corrected chi connectivity index (χ4v) is 2.70. The van der Waals surface area contributed by atoms with Crippen LogP contribution in [0.25, 0.3) is 16.6 Å². The summed E-state index contributed by atoms with van der Waals surface area (Å²) in [4.78, 5) is 24.6. The first kappa shape index (κ1) is 15.1. The Morgan fingerprint density at radius 1 is 1.16 bits per heavy atom. The van der Waals surface area contributed by atoms with Gasteiger partial charge in [-0.25, -0.2) is 0 Å². The smallest absolute Gasteiger partial charge is 0.287 e. The van der Waals surface area contributed by atoms with Gasteiger partial charge in [0.05, 0.1) is 11.4 Å². The summed E-state index contributed by atoms with van der Waals surface area (Å²) < 4.78 is 7.35. The molecule has 3 heterocycles. The van der Waals surface area contributed by atoms with Crippen LogP contribution in [0.5, 0.6) is 0 Å². The topological polar surface area (TPSA) is 89.5 Å². The summed E-state index contributed by atoms with van der Waals surface area (Å²) in [5.41, 5.74) is 0.809. The van der Waals surface area contributed by atoms with Crippen molar-refractivity contribution in [3.63, 3.8) is 0 Å². The third kappa shape index (κ3) is 2.65. The van der Waals surface area contributed by atoms with E-state index in [2.05, 4.69) is 15.5 Å². The molecule has 1 N–H and O–H groups in total. The van der Waals surface area contributed by atoms with Gasteiger partial charge in [-0.05, 0) is 31.2 Å². The molecule has 1 amide bonds. The largest absolute Gasteiger partial charge is 0.451 e. The predicted molar refractivity (Wildman–Crippen MR) is 91.4 cm³/mol. The second kappa shape index (κ2) is 5.86. The van der Waals surface area contributed by atoms with Gasteiger partial charge in [-0.3, -0.25) is 14.0 Å². The molecule has 7 heteroatoms. The van der Waals surface area contributed by atoms with E-state index >= 15 is 0 Å². The highest BCUT2D eigenvalue weighted by Gasteiger charge is 2.19. The molecular formula is C18H14N4O3. The molecule has 7 nitrogen and oxygen atoms in total. The summed E-state index contributed by atoms with van der Waals surface area (Å²) >= 11 is 0. The first-order valence-corrected chi connectivity index (χ1v) is 7.77. The van der Waals surface area contributed by atoms with Crippen LogP contribution in [0.4, 0.5) is 0 Å². The lowest BCUT2D eigenvalue weighted by molar-refractivity contribution is 0.0910. The van der Waals surface area contributed by atoms with Gasteiger partial charge in [0.15, 0.2) is 22.7 Å². The molecule has 25 heavy (non-hydrogen) atoms. The zero-order valence-electron chi connectivity index (χ0n) is 13.3. The Hall–Kier alpha value is -3.48. The number of nitrogens with one attached hydrogen (secondary N) is 1. The van der Waals surface area contributed by atoms with Crippen LogP contribution >= 0.6 is 0 Å². The van der Waals surface area contributed by atoms with E-state index < -0.39 is 11.9 Å². The van der Waals surface area contributed by atoms with Crippen molar-refractivity contribution in [3.05, 3.63) is 76.5 Å². The Bertz CT molecular complexity index is 1150. The van der Waals surface area contributed by atoms with E-state index in [4.69, 9.17) is 4.42 Å². The lowest BCUT2D eigenvalue weighted by atomic mass is 10.2. The van der Waals surface area contributed by atoms with Gasteiger partial charge >= 0.3 is 0 Å². The molecule has 0 aliphatic carbocycles. The Balaban J connectivity index is 1.64. The molecule has 124 valence electrons. The number of aromatic nitrogens is 3. The van der Waals surface area contributed by atoms with E-state index in [0.717, 1.165) is 0 Å². The summed E-state index contributed by atoms with van der Waals surface area (Å²) in [5.74, 6) is 0.0690. The Kier molecular flexibility index (Phi) is 3.53. The highest BCUT2D eigenvalue weighted by atomic mass is 16.3. The summed E-state index contributed by atoms with van der Waals surface area (Å²) in [6.45, 7) is 1.79. The summed E-state index contributed by atoms with van der Waals surface area (Å²) in [6, 6.07) is 13.1. The van der Waals surface area contributed by atoms with Gasteiger partial charge in [0.1, 0.15) is 5.58 Å². The van der Waals surface area contributed by atoms with E-state index in [1.54, 1.807) is 35.6 Å². The third-order valence-electron chi connectivity index (χ3n) is 3.93. The van der Waals surface area contributed by atoms with Gasteiger partial charge in [-0.2, -0.15) is 0 Å². The average Bonchev–Trinajstić information content (AvgIpc) is 3.06. The molecular weight excluding hydrogens is 320 g/mol. The maximum atomic E-state index is 12.5. The van der Waals surface area contributed by atoms with Gasteiger partial charge in [0.25, 0.3) is 5.91 Å². The van der Waals surface area contributed by atoms with Crippen LogP contribution in [0.2, 0.25) is 0 Å². The van der Waals surface area contributed by atoms with Crippen molar-refractivity contribution in [2.75, 3.05) is 0 Å². The van der Waals surface area contributed by atoms with E-state index in [9.17, 15) is 9.59 Å². The van der Waals surface area contributed by atoms with Crippen molar-refractivity contribution in [2.24, 2.45) is 0 Å². The molecule has 3 aromatic heterocycles. The van der Waals surface area contributed by atoms with Crippen LogP contribution < -0.4 is 10.7 Å². The van der Waals surface area contributed by atoms with Crippen LogP contribution in [0.1, 0.15) is 29.3 Å². The number of nitrogens with zero attached hydrogens (tertiary/aromatic N) is 3. The third-order valence-corrected chi connectivity index (χ3v) is 3.93. The van der Waals surface area contributed by atoms with E-state index in [-0.39, 0.29) is 11.2 Å². The van der Waals surface area contributed by atoms with Crippen molar-refractivity contribution in [1.29, 1.82) is 0 Å². The standard InChI is InChI=1S/C18H14N4O3/c1-11(17-21-20-16-8-4-5-9-22(16)17)19-18(24)15-10-13(23)12-6-2-3-7-14(12)25-15/h2-11H,1H3,(H,19,24). The maximum Gasteiger partial charge on any atom is 0.287 e. The fourth-order valence-electron chi connectivity index (χ4n) is 2.70. The minimum Gasteiger partial charge on any atom is -0.451 e. The summed E-state index contributed by atoms with van der Waals surface area (Å²) in [6.07, 6.45) is 1.82. The van der Waals surface area contributed by atoms with Crippen LogP contribution in [-0.4, -0.2) is 20.5 Å². The Morgan fingerprint density at radius 3 is 2.84 bits per heavy atom. The molecule has 0 spiro atoms. The number of benzene rings is 1. The normalized spacial score (nSPS) is 12.4. The lowest BCUT2D eigenvalue weighted by Gasteiger charge is -2.12. The number of carbonyl (C=O) groups is 1. The number of amides is 1. The highest BCUT2D eigenvalue weighted by molar-refractivity contribution is 5.93. The Labute approximate surface area is 141 Å². The molecule has 1 unspecified atom stereocenters. The number of hydrogen-bond acceptors (Lipinski definition) is 5. The molecule has 0 bridgehead atoms. The van der Waals surface area contributed by atoms with Gasteiger partial charge in [-0.15, -0.1) is 10.2 Å². The van der Waals surface area contributed by atoms with E-state index in [1.165, 1.54) is 6.07 Å². The second-order valence-electron chi connectivity index (χ2n) is 5.65. The number of rotatable bonds is 3. The van der Waals surface area contributed by atoms with Crippen LogP contribution in [0, 0.1) is 0 Å². The lowest BCUT2D eigenvalue weighted by Crippen LogP contribution is -2.28. The molecule has 1 atom stereocenters. The average molecular weight is 334 g/mol. The SMILES string of the molecule is CC(NC(=O)c1cc(=O)c2ccccc2o1)c1nnc2ccccn12. The van der Waals surface area contributed by atoms with Crippen LogP contribution in [0.15, 0.2) is 63.9 Å². The molecule has 4 rings (SSSR count). The summed E-state index contributed by atoms with van der Waals surface area (Å²) in [5, 5.41) is 11.4. The molecule has 0 fully saturated rings. The Morgan fingerprint density at radius 2 is 1.96 bits per heavy atom. The molecule has 4 aromatic rings. The van der Waals surface area contributed by atoms with Crippen molar-refractivity contribution in [1.82, 2.24) is 19.9 Å². The molecule has 0 aliphatic rings. The van der Waals surface area contributed by atoms with Gasteiger partial charge in [0, 0.05) is 12.3 Å². The highest BCUT2D eigenvalue weighted by Crippen LogP contribution is 2.15. The molecule has 0 saturated heterocycles. The monoisotopic (exact) mass is 334 g/mol. The minimum absolute atomic E-state index is 0.0376. The van der Waals surface area contributed by atoms with Gasteiger partial charge < -0.3 is 9.73 Å². The number of pyridine rings is 1. The van der Waals surface area contributed by atoms with Crippen LogP contribution in [0.3, 0.4) is 0 Å². The number of carbonyl (C=O) groups excluding carboxylic acids is 1. The number of hydrogen-bond donors (Lipinski definition) is 1. The zero-order chi connectivity index (χ0) is 17.4. The molecule has 0 radical (unpaired) electrons. The van der Waals surface area contributed by atoms with E-state index in [1.807, 2.05) is 24.4 Å². The minimum atomic E-state index is -0.483. The quantitative estimate of drug-likeness (QED) is 0.621. The molecule has 0 saturated carbocycles. The maximum absolute atomic E-state index is 12.5. The summed E-state index contributed by atoms with van der Waals surface area (Å²) in [7, 11) is 0. The van der Waals surface area contributed by atoms with Crippen molar-refractivity contribution < 1.29 is 9.21 Å². The number of fused-ring (bicyclic) bond motifs is 2. The van der Waals surface area contributed by atoms with Crippen molar-refractivity contribution >= 4 is 22.5 Å². The second-order valence-corrected chi connectivity index (χ2v) is 5.65. The van der Waals surface area contributed by atoms with Crippen molar-refractivity contribution in [3.8, 4) is 0 Å². The zero-order valence-corrected chi connectivity index (χ0v) is 13.3. The predicted octanol–water partition coefficient (Wildman–Crippen LogP) is 2.33. The molecule has 1 aromatic carbocycles. The first-order valence-electron chi connectivity index (χ1n) is 7.77.